The Kier molecular flexibility index (Phi) is 6.48. The number of oxazole rings is 1. The molecule has 0 fully saturated rings. The smallest absolute Gasteiger partial charge is 0.224 e. The van der Waals surface area contributed by atoms with E-state index in [0.29, 0.717) is 23.6 Å². The number of halogens is 1. The molecule has 0 unspecified atom stereocenters. The first-order valence-electron chi connectivity index (χ1n) is 9.68. The van der Waals surface area contributed by atoms with Gasteiger partial charge >= 0.3 is 0 Å². The Bertz CT molecular complexity index is 1220. The van der Waals surface area contributed by atoms with Crippen molar-refractivity contribution in [3.8, 4) is 11.3 Å². The normalized spacial score (nSPS) is 10.9. The highest BCUT2D eigenvalue weighted by molar-refractivity contribution is 8.01. The number of benzene rings is 2. The number of thiazole rings is 1. The lowest BCUT2D eigenvalue weighted by atomic mass is 10.2. The molecule has 0 saturated heterocycles. The molecule has 158 valence electrons. The molecular weight excluding hydrogens is 433 g/mol. The molecule has 2 aromatic heterocycles. The fourth-order valence-electron chi connectivity index (χ4n) is 2.96. The summed E-state index contributed by atoms with van der Waals surface area (Å²) < 4.78 is 20.5. The van der Waals surface area contributed by atoms with Crippen LogP contribution in [0, 0.1) is 19.7 Å². The number of carbonyl (C=O) groups excluding carboxylic acids is 1. The van der Waals surface area contributed by atoms with Crippen molar-refractivity contribution < 1.29 is 13.6 Å². The van der Waals surface area contributed by atoms with Gasteiger partial charge in [-0.25, -0.2) is 14.4 Å². The number of aryl methyl sites for hydroxylation is 3. The van der Waals surface area contributed by atoms with Crippen molar-refractivity contribution >= 4 is 34.7 Å². The minimum Gasteiger partial charge on any atom is -0.441 e. The summed E-state index contributed by atoms with van der Waals surface area (Å²) in [7, 11) is 0. The maximum absolute atomic E-state index is 13.9. The lowest BCUT2D eigenvalue weighted by molar-refractivity contribution is -0.116. The summed E-state index contributed by atoms with van der Waals surface area (Å²) in [5.41, 5.74) is 3.11. The quantitative estimate of drug-likeness (QED) is 0.357. The van der Waals surface area contributed by atoms with Crippen molar-refractivity contribution in [2.24, 2.45) is 0 Å². The van der Waals surface area contributed by atoms with Gasteiger partial charge in [0.05, 0.1) is 11.8 Å². The highest BCUT2D eigenvalue weighted by Gasteiger charge is 2.13. The van der Waals surface area contributed by atoms with Crippen LogP contribution < -0.4 is 5.32 Å². The van der Waals surface area contributed by atoms with E-state index in [-0.39, 0.29) is 18.1 Å². The van der Waals surface area contributed by atoms with Gasteiger partial charge in [-0.2, -0.15) is 0 Å². The van der Waals surface area contributed by atoms with Gasteiger partial charge in [-0.05, 0) is 49.7 Å². The number of hydrogen-bond donors (Lipinski definition) is 1. The van der Waals surface area contributed by atoms with E-state index in [1.807, 2.05) is 37.4 Å². The van der Waals surface area contributed by atoms with E-state index in [1.165, 1.54) is 12.3 Å². The number of anilines is 1. The van der Waals surface area contributed by atoms with Crippen LogP contribution in [0.25, 0.3) is 11.3 Å². The Morgan fingerprint density at radius 3 is 2.81 bits per heavy atom. The molecule has 8 heteroatoms. The first kappa shape index (κ1) is 21.3. The zero-order valence-electron chi connectivity index (χ0n) is 17.0. The average Bonchev–Trinajstić information content (AvgIpc) is 3.38. The van der Waals surface area contributed by atoms with Crippen molar-refractivity contribution in [2.75, 3.05) is 5.32 Å². The van der Waals surface area contributed by atoms with Crippen LogP contribution in [-0.2, 0) is 11.2 Å². The molecule has 0 radical (unpaired) electrons. The number of aromatic nitrogens is 2. The predicted molar refractivity (Wildman–Crippen MR) is 121 cm³/mol. The third kappa shape index (κ3) is 5.39. The molecule has 0 spiro atoms. The van der Waals surface area contributed by atoms with Crippen molar-refractivity contribution in [1.29, 1.82) is 0 Å². The van der Waals surface area contributed by atoms with Crippen LogP contribution in [0.3, 0.4) is 0 Å². The maximum Gasteiger partial charge on any atom is 0.224 e. The summed E-state index contributed by atoms with van der Waals surface area (Å²) in [6.07, 6.45) is 2.03. The van der Waals surface area contributed by atoms with Gasteiger partial charge in [-0.3, -0.25) is 4.79 Å². The van der Waals surface area contributed by atoms with Crippen LogP contribution in [0.4, 0.5) is 10.1 Å². The monoisotopic (exact) mass is 453 g/mol. The molecule has 2 heterocycles. The molecule has 0 aliphatic heterocycles. The minimum atomic E-state index is -0.370. The Morgan fingerprint density at radius 2 is 2.06 bits per heavy atom. The fourth-order valence-corrected chi connectivity index (χ4v) is 4.87. The molecule has 4 rings (SSSR count). The second-order valence-corrected chi connectivity index (χ2v) is 9.16. The molecular formula is C23H20FN3O2S2. The van der Waals surface area contributed by atoms with E-state index < -0.39 is 0 Å². The van der Waals surface area contributed by atoms with E-state index in [9.17, 15) is 9.18 Å². The summed E-state index contributed by atoms with van der Waals surface area (Å²) in [6, 6.07) is 12.3. The van der Waals surface area contributed by atoms with Crippen LogP contribution >= 0.6 is 23.1 Å². The predicted octanol–water partition coefficient (Wildman–Crippen LogP) is 6.28. The Balaban J connectivity index is 1.33. The van der Waals surface area contributed by atoms with Gasteiger partial charge in [0, 0.05) is 34.5 Å². The first-order valence-corrected chi connectivity index (χ1v) is 11.4. The Hall–Kier alpha value is -2.97. The zero-order chi connectivity index (χ0) is 21.8. The molecule has 0 bridgehead atoms. The van der Waals surface area contributed by atoms with Crippen molar-refractivity contribution in [3.63, 3.8) is 0 Å². The molecule has 4 aromatic rings. The SMILES string of the molecule is Cc1csc(Sc2ccc(NC(=O)CCc3ncc(-c4ccccc4F)o3)c(C)c2)n1. The summed E-state index contributed by atoms with van der Waals surface area (Å²) in [5.74, 6) is 0.248. The lowest BCUT2D eigenvalue weighted by Crippen LogP contribution is -2.13. The van der Waals surface area contributed by atoms with Gasteiger partial charge in [-0.1, -0.05) is 23.9 Å². The standard InChI is InChI=1S/C23H20FN3O2S2/c1-14-11-16(31-23-26-15(2)13-30-23)7-8-19(14)27-21(28)9-10-22-25-12-20(29-22)17-5-3-4-6-18(17)24/h3-8,11-13H,9-10H2,1-2H3,(H,27,28). The van der Waals surface area contributed by atoms with Crippen molar-refractivity contribution in [3.05, 3.63) is 77.0 Å². The average molecular weight is 454 g/mol. The third-order valence-electron chi connectivity index (χ3n) is 4.53. The number of carbonyl (C=O) groups is 1. The van der Waals surface area contributed by atoms with Gasteiger partial charge in [0.1, 0.15) is 5.82 Å². The van der Waals surface area contributed by atoms with E-state index >= 15 is 0 Å². The summed E-state index contributed by atoms with van der Waals surface area (Å²) >= 11 is 3.22. The highest BCUT2D eigenvalue weighted by Crippen LogP contribution is 2.32. The fraction of sp³-hybridized carbons (Fsp3) is 0.174. The van der Waals surface area contributed by atoms with E-state index in [0.717, 1.165) is 26.2 Å². The van der Waals surface area contributed by atoms with Gasteiger partial charge in [0.15, 0.2) is 16.0 Å². The van der Waals surface area contributed by atoms with Crippen LogP contribution in [0.15, 0.2) is 67.7 Å². The minimum absolute atomic E-state index is 0.135. The zero-order valence-corrected chi connectivity index (χ0v) is 18.6. The lowest BCUT2D eigenvalue weighted by Gasteiger charge is -2.09. The van der Waals surface area contributed by atoms with E-state index in [2.05, 4.69) is 15.3 Å². The molecule has 0 saturated carbocycles. The summed E-state index contributed by atoms with van der Waals surface area (Å²) in [4.78, 5) is 22.1. The number of rotatable bonds is 7. The molecule has 0 atom stereocenters. The van der Waals surface area contributed by atoms with Gasteiger partial charge in [0.2, 0.25) is 5.91 Å². The highest BCUT2D eigenvalue weighted by atomic mass is 32.2. The second kappa shape index (κ2) is 9.45. The van der Waals surface area contributed by atoms with Gasteiger partial charge < -0.3 is 9.73 Å². The molecule has 1 amide bonds. The molecule has 1 N–H and O–H groups in total. The maximum atomic E-state index is 13.9. The van der Waals surface area contributed by atoms with Crippen LogP contribution in [-0.4, -0.2) is 15.9 Å². The number of nitrogens with one attached hydrogen (secondary N) is 1. The summed E-state index contributed by atoms with van der Waals surface area (Å²) in [6.45, 7) is 3.94. The molecule has 2 aromatic carbocycles. The summed E-state index contributed by atoms with van der Waals surface area (Å²) in [5, 5.41) is 4.96. The number of hydrogen-bond acceptors (Lipinski definition) is 6. The van der Waals surface area contributed by atoms with Gasteiger partial charge in [-0.15, -0.1) is 11.3 Å². The Morgan fingerprint density at radius 1 is 1.23 bits per heavy atom. The van der Waals surface area contributed by atoms with Crippen molar-refractivity contribution in [2.45, 2.75) is 35.9 Å². The third-order valence-corrected chi connectivity index (χ3v) is 6.58. The van der Waals surface area contributed by atoms with Crippen LogP contribution in [0.1, 0.15) is 23.6 Å². The molecule has 0 aliphatic carbocycles. The largest absolute Gasteiger partial charge is 0.441 e. The topological polar surface area (TPSA) is 68.0 Å². The van der Waals surface area contributed by atoms with Gasteiger partial charge in [0.25, 0.3) is 0 Å². The number of amides is 1. The van der Waals surface area contributed by atoms with E-state index in [4.69, 9.17) is 4.42 Å². The Labute approximate surface area is 187 Å². The molecule has 31 heavy (non-hydrogen) atoms. The second-order valence-electron chi connectivity index (χ2n) is 6.98. The van der Waals surface area contributed by atoms with Crippen LogP contribution in [0.2, 0.25) is 0 Å². The van der Waals surface area contributed by atoms with E-state index in [1.54, 1.807) is 41.3 Å². The first-order chi connectivity index (χ1) is 15.0. The van der Waals surface area contributed by atoms with Crippen molar-refractivity contribution in [1.82, 2.24) is 9.97 Å². The molecule has 0 aliphatic rings. The molecule has 5 nitrogen and oxygen atoms in total. The number of nitrogens with zero attached hydrogens (tertiary/aromatic N) is 2. The van der Waals surface area contributed by atoms with Crippen LogP contribution in [0.5, 0.6) is 0 Å².